The molecule has 34 heavy (non-hydrogen) atoms. The van der Waals surface area contributed by atoms with Crippen molar-refractivity contribution in [3.8, 4) is 11.3 Å². The number of hydrogen-bond acceptors (Lipinski definition) is 5. The Labute approximate surface area is 196 Å². The van der Waals surface area contributed by atoms with E-state index in [0.29, 0.717) is 37.4 Å². The largest absolute Gasteiger partial charge is 0.465 e. The monoisotopic (exact) mass is 456 g/mol. The molecule has 0 bridgehead atoms. The lowest BCUT2D eigenvalue weighted by Gasteiger charge is -2.30. The molecule has 2 aromatic heterocycles. The molecule has 9 heteroatoms. The summed E-state index contributed by atoms with van der Waals surface area (Å²) >= 11 is 0. The van der Waals surface area contributed by atoms with Gasteiger partial charge in [0.05, 0.1) is 5.69 Å². The third-order valence-electron chi connectivity index (χ3n) is 5.93. The molecule has 5 rings (SSSR count). The average Bonchev–Trinajstić information content (AvgIpc) is 3.28. The third kappa shape index (κ3) is 4.54. The highest BCUT2D eigenvalue weighted by Gasteiger charge is 2.23. The number of aromatic nitrogens is 3. The Morgan fingerprint density at radius 3 is 2.35 bits per heavy atom. The van der Waals surface area contributed by atoms with E-state index in [4.69, 9.17) is 5.11 Å². The molecule has 2 amide bonds. The van der Waals surface area contributed by atoms with Crippen LogP contribution in [0, 0.1) is 0 Å². The molecule has 0 atom stereocenters. The molecule has 1 saturated heterocycles. The van der Waals surface area contributed by atoms with E-state index < -0.39 is 6.09 Å². The number of nitrogens with zero attached hydrogens (tertiary/aromatic N) is 4. The Kier molecular flexibility index (Phi) is 5.82. The number of pyridine rings is 1. The van der Waals surface area contributed by atoms with Gasteiger partial charge in [0.15, 0.2) is 5.65 Å². The van der Waals surface area contributed by atoms with Gasteiger partial charge in [0, 0.05) is 35.9 Å². The molecule has 3 N–H and O–H groups in total. The van der Waals surface area contributed by atoms with Gasteiger partial charge in [-0.1, -0.05) is 36.4 Å². The van der Waals surface area contributed by atoms with E-state index in [1.54, 1.807) is 16.6 Å². The Morgan fingerprint density at radius 2 is 1.65 bits per heavy atom. The minimum Gasteiger partial charge on any atom is -0.465 e. The number of amides is 2. The number of likely N-dealkylation sites (tertiary alicyclic amines) is 1. The second kappa shape index (κ2) is 9.22. The standard InChI is InChI=1S/C25H24N6O3/c32-23(26-20-13-15-30(16-14-20)25(33)34)18-9-11-19(12-10-18)27-24-28-22-8-4-7-21(31(22)29-24)17-5-2-1-3-6-17/h1-12,20H,13-16H2,(H,26,32)(H,27,29)(H,33,34). The van der Waals surface area contributed by atoms with Gasteiger partial charge in [0.1, 0.15) is 0 Å². The lowest BCUT2D eigenvalue weighted by molar-refractivity contribution is 0.0907. The Balaban J connectivity index is 1.25. The quantitative estimate of drug-likeness (QED) is 0.418. The number of fused-ring (bicyclic) bond motifs is 1. The number of carboxylic acid groups (broad SMARTS) is 1. The first-order chi connectivity index (χ1) is 16.6. The molecule has 3 heterocycles. The molecule has 0 saturated carbocycles. The number of piperidine rings is 1. The summed E-state index contributed by atoms with van der Waals surface area (Å²) in [5, 5.41) is 19.8. The summed E-state index contributed by atoms with van der Waals surface area (Å²) in [6.07, 6.45) is 0.314. The van der Waals surface area contributed by atoms with Crippen molar-refractivity contribution in [2.24, 2.45) is 0 Å². The number of hydrogen-bond donors (Lipinski definition) is 3. The van der Waals surface area contributed by atoms with Crippen LogP contribution in [0.5, 0.6) is 0 Å². The first-order valence-electron chi connectivity index (χ1n) is 11.1. The van der Waals surface area contributed by atoms with Gasteiger partial charge in [0.2, 0.25) is 5.95 Å². The van der Waals surface area contributed by atoms with Crippen LogP contribution in [0.3, 0.4) is 0 Å². The fourth-order valence-corrected chi connectivity index (χ4v) is 4.10. The molecule has 0 spiro atoms. The Bertz CT molecular complexity index is 1310. The molecule has 1 aliphatic heterocycles. The van der Waals surface area contributed by atoms with Crippen molar-refractivity contribution in [2.75, 3.05) is 18.4 Å². The van der Waals surface area contributed by atoms with Crippen molar-refractivity contribution in [3.63, 3.8) is 0 Å². The van der Waals surface area contributed by atoms with Crippen molar-refractivity contribution >= 4 is 29.3 Å². The van der Waals surface area contributed by atoms with Crippen molar-refractivity contribution in [3.05, 3.63) is 78.4 Å². The fourth-order valence-electron chi connectivity index (χ4n) is 4.10. The first-order valence-corrected chi connectivity index (χ1v) is 11.1. The molecule has 0 radical (unpaired) electrons. The van der Waals surface area contributed by atoms with Gasteiger partial charge in [-0.15, -0.1) is 5.10 Å². The topological polar surface area (TPSA) is 112 Å². The predicted molar refractivity (Wildman–Crippen MR) is 128 cm³/mol. The minimum atomic E-state index is -0.913. The highest BCUT2D eigenvalue weighted by atomic mass is 16.4. The van der Waals surface area contributed by atoms with Crippen LogP contribution >= 0.6 is 0 Å². The van der Waals surface area contributed by atoms with E-state index in [2.05, 4.69) is 20.7 Å². The maximum atomic E-state index is 12.6. The van der Waals surface area contributed by atoms with Gasteiger partial charge in [-0.2, -0.15) is 4.98 Å². The fraction of sp³-hybridized carbons (Fsp3) is 0.200. The highest BCUT2D eigenvalue weighted by molar-refractivity contribution is 5.94. The van der Waals surface area contributed by atoms with Crippen LogP contribution in [0.1, 0.15) is 23.2 Å². The Morgan fingerprint density at radius 1 is 0.912 bits per heavy atom. The van der Waals surface area contributed by atoms with E-state index in [9.17, 15) is 9.59 Å². The number of nitrogens with one attached hydrogen (secondary N) is 2. The van der Waals surface area contributed by atoms with Crippen LogP contribution in [0.2, 0.25) is 0 Å². The zero-order valence-corrected chi connectivity index (χ0v) is 18.4. The molecule has 1 fully saturated rings. The lowest BCUT2D eigenvalue weighted by Crippen LogP contribution is -2.46. The van der Waals surface area contributed by atoms with Crippen LogP contribution < -0.4 is 10.6 Å². The summed E-state index contributed by atoms with van der Waals surface area (Å²) in [6, 6.07) is 23.0. The third-order valence-corrected chi connectivity index (χ3v) is 5.93. The lowest BCUT2D eigenvalue weighted by atomic mass is 10.0. The van der Waals surface area contributed by atoms with E-state index in [1.807, 2.05) is 60.7 Å². The summed E-state index contributed by atoms with van der Waals surface area (Å²) in [6.45, 7) is 0.863. The van der Waals surface area contributed by atoms with Gasteiger partial charge < -0.3 is 20.6 Å². The van der Waals surface area contributed by atoms with Crippen LogP contribution in [-0.2, 0) is 0 Å². The summed E-state index contributed by atoms with van der Waals surface area (Å²) < 4.78 is 1.80. The molecule has 0 unspecified atom stereocenters. The van der Waals surface area contributed by atoms with E-state index >= 15 is 0 Å². The molecule has 0 aliphatic carbocycles. The minimum absolute atomic E-state index is 0.0260. The second-order valence-corrected chi connectivity index (χ2v) is 8.20. The van der Waals surface area contributed by atoms with Crippen LogP contribution in [0.4, 0.5) is 16.4 Å². The van der Waals surface area contributed by atoms with Gasteiger partial charge in [-0.05, 0) is 49.2 Å². The molecule has 4 aromatic rings. The zero-order valence-electron chi connectivity index (χ0n) is 18.4. The SMILES string of the molecule is O=C(NC1CCN(C(=O)O)CC1)c1ccc(Nc2nc3cccc(-c4ccccc4)n3n2)cc1. The smallest absolute Gasteiger partial charge is 0.407 e. The molecule has 172 valence electrons. The molecule has 1 aliphatic rings. The number of benzene rings is 2. The molecule has 2 aromatic carbocycles. The van der Waals surface area contributed by atoms with Gasteiger partial charge in [-0.3, -0.25) is 4.79 Å². The summed E-state index contributed by atoms with van der Waals surface area (Å²) in [5.41, 5.74) is 4.03. The molecular weight excluding hydrogens is 432 g/mol. The van der Waals surface area contributed by atoms with Crippen LogP contribution in [-0.4, -0.2) is 55.7 Å². The highest BCUT2D eigenvalue weighted by Crippen LogP contribution is 2.22. The normalized spacial score (nSPS) is 14.2. The van der Waals surface area contributed by atoms with E-state index in [1.165, 1.54) is 4.90 Å². The second-order valence-electron chi connectivity index (χ2n) is 8.20. The summed E-state index contributed by atoms with van der Waals surface area (Å²) in [7, 11) is 0. The summed E-state index contributed by atoms with van der Waals surface area (Å²) in [5.74, 6) is 0.296. The zero-order chi connectivity index (χ0) is 23.5. The van der Waals surface area contributed by atoms with E-state index in [-0.39, 0.29) is 11.9 Å². The maximum absolute atomic E-state index is 12.6. The number of rotatable bonds is 5. The average molecular weight is 457 g/mol. The van der Waals surface area contributed by atoms with E-state index in [0.717, 1.165) is 22.6 Å². The van der Waals surface area contributed by atoms with Crippen LogP contribution in [0.25, 0.3) is 16.9 Å². The van der Waals surface area contributed by atoms with Crippen LogP contribution in [0.15, 0.2) is 72.8 Å². The number of anilines is 2. The first kappa shape index (κ1) is 21.4. The Hall–Kier alpha value is -4.40. The molecule has 9 nitrogen and oxygen atoms in total. The van der Waals surface area contributed by atoms with Gasteiger partial charge in [-0.25, -0.2) is 9.31 Å². The molecular formula is C25H24N6O3. The van der Waals surface area contributed by atoms with Gasteiger partial charge in [0.25, 0.3) is 5.91 Å². The van der Waals surface area contributed by atoms with Crippen molar-refractivity contribution in [1.29, 1.82) is 0 Å². The van der Waals surface area contributed by atoms with Crippen molar-refractivity contribution in [2.45, 2.75) is 18.9 Å². The van der Waals surface area contributed by atoms with Crippen molar-refractivity contribution < 1.29 is 14.7 Å². The van der Waals surface area contributed by atoms with Gasteiger partial charge >= 0.3 is 6.09 Å². The summed E-state index contributed by atoms with van der Waals surface area (Å²) in [4.78, 5) is 29.6. The maximum Gasteiger partial charge on any atom is 0.407 e. The number of carbonyl (C=O) groups excluding carboxylic acids is 1. The number of carbonyl (C=O) groups is 2. The van der Waals surface area contributed by atoms with Crippen molar-refractivity contribution in [1.82, 2.24) is 24.8 Å². The predicted octanol–water partition coefficient (Wildman–Crippen LogP) is 4.01.